The molecule has 8 nitrogen and oxygen atoms in total. The molecule has 0 aliphatic carbocycles. The van der Waals surface area contributed by atoms with Crippen LogP contribution in [0.2, 0.25) is 0 Å². The van der Waals surface area contributed by atoms with E-state index in [0.717, 1.165) is 19.3 Å². The van der Waals surface area contributed by atoms with Crippen LogP contribution in [-0.2, 0) is 20.8 Å². The van der Waals surface area contributed by atoms with Crippen LogP contribution in [0.1, 0.15) is 122 Å². The molecule has 0 aromatic carbocycles. The Balaban J connectivity index is 2.01. The third-order valence-corrected chi connectivity index (χ3v) is 6.37. The standard InChI is InChI=1S/C27H48N4O4/c1-3-4-5-6-7-8-9-10-11-12-13-14-15-16-17-18-25(32)30-22(2)26(33)31-24(27(34)35)19-23-20-28-21-29-23/h20-22,24H,3-19H2,1-2H3,(H,28,29)(H,30,32)(H,31,33)(H,34,35)/t22-,24-/m0/s1. The molecule has 35 heavy (non-hydrogen) atoms. The average molecular weight is 493 g/mol. The number of carboxylic acid groups (broad SMARTS) is 1. The lowest BCUT2D eigenvalue weighted by molar-refractivity contribution is -0.142. The van der Waals surface area contributed by atoms with Crippen molar-refractivity contribution in [1.29, 1.82) is 0 Å². The van der Waals surface area contributed by atoms with Crippen molar-refractivity contribution >= 4 is 17.8 Å². The van der Waals surface area contributed by atoms with E-state index >= 15 is 0 Å². The monoisotopic (exact) mass is 492 g/mol. The van der Waals surface area contributed by atoms with E-state index in [4.69, 9.17) is 0 Å². The number of aromatic amines is 1. The highest BCUT2D eigenvalue weighted by molar-refractivity contribution is 5.90. The van der Waals surface area contributed by atoms with Gasteiger partial charge in [-0.1, -0.05) is 96.8 Å². The first-order valence-corrected chi connectivity index (χ1v) is 13.7. The maximum absolute atomic E-state index is 12.3. The number of aromatic nitrogens is 2. The maximum atomic E-state index is 12.3. The quantitative estimate of drug-likeness (QED) is 0.164. The summed E-state index contributed by atoms with van der Waals surface area (Å²) in [6.45, 7) is 3.82. The molecule has 8 heteroatoms. The first-order valence-electron chi connectivity index (χ1n) is 13.7. The maximum Gasteiger partial charge on any atom is 0.326 e. The molecule has 1 heterocycles. The van der Waals surface area contributed by atoms with E-state index in [2.05, 4.69) is 27.5 Å². The van der Waals surface area contributed by atoms with Gasteiger partial charge < -0.3 is 20.7 Å². The zero-order chi connectivity index (χ0) is 25.7. The predicted octanol–water partition coefficient (Wildman–Crippen LogP) is 5.29. The van der Waals surface area contributed by atoms with Crippen LogP contribution in [0, 0.1) is 0 Å². The fourth-order valence-electron chi connectivity index (χ4n) is 4.15. The summed E-state index contributed by atoms with van der Waals surface area (Å²) in [5.74, 6) is -1.83. The number of imidazole rings is 1. The molecule has 0 spiro atoms. The number of H-pyrrole nitrogens is 1. The van der Waals surface area contributed by atoms with Gasteiger partial charge in [-0.25, -0.2) is 9.78 Å². The van der Waals surface area contributed by atoms with Crippen LogP contribution in [0.3, 0.4) is 0 Å². The van der Waals surface area contributed by atoms with Gasteiger partial charge in [-0.05, 0) is 13.3 Å². The zero-order valence-electron chi connectivity index (χ0n) is 21.9. The van der Waals surface area contributed by atoms with E-state index in [1.54, 1.807) is 6.92 Å². The average Bonchev–Trinajstić information content (AvgIpc) is 3.34. The second kappa shape index (κ2) is 19.9. The fraction of sp³-hybridized carbons (Fsp3) is 0.778. The number of unbranched alkanes of at least 4 members (excludes halogenated alkanes) is 14. The van der Waals surface area contributed by atoms with Crippen molar-refractivity contribution in [3.63, 3.8) is 0 Å². The first kappa shape index (κ1) is 30.7. The van der Waals surface area contributed by atoms with Gasteiger partial charge in [-0.15, -0.1) is 0 Å². The summed E-state index contributed by atoms with van der Waals surface area (Å²) in [7, 11) is 0. The Morgan fingerprint density at radius 2 is 1.37 bits per heavy atom. The summed E-state index contributed by atoms with van der Waals surface area (Å²) < 4.78 is 0. The van der Waals surface area contributed by atoms with Crippen molar-refractivity contribution in [2.45, 2.75) is 135 Å². The Morgan fingerprint density at radius 3 is 1.83 bits per heavy atom. The molecule has 1 aromatic heterocycles. The number of rotatable bonds is 22. The molecule has 0 saturated heterocycles. The third kappa shape index (κ3) is 16.0. The van der Waals surface area contributed by atoms with Crippen LogP contribution < -0.4 is 10.6 Å². The molecule has 0 unspecified atom stereocenters. The van der Waals surface area contributed by atoms with Gasteiger partial charge in [-0.2, -0.15) is 0 Å². The van der Waals surface area contributed by atoms with Crippen molar-refractivity contribution in [2.75, 3.05) is 0 Å². The van der Waals surface area contributed by atoms with Crippen LogP contribution in [0.15, 0.2) is 12.5 Å². The second-order valence-corrected chi connectivity index (χ2v) is 9.67. The molecule has 0 fully saturated rings. The summed E-state index contributed by atoms with van der Waals surface area (Å²) in [4.78, 5) is 42.6. The summed E-state index contributed by atoms with van der Waals surface area (Å²) in [5.41, 5.74) is 0.613. The van der Waals surface area contributed by atoms with Crippen LogP contribution in [-0.4, -0.2) is 44.9 Å². The Labute approximate surface area is 211 Å². The molecular formula is C27H48N4O4. The number of carbonyl (C=O) groups excluding carboxylic acids is 2. The predicted molar refractivity (Wildman–Crippen MR) is 139 cm³/mol. The van der Waals surface area contributed by atoms with E-state index < -0.39 is 24.0 Å². The number of aliphatic carboxylic acids is 1. The smallest absolute Gasteiger partial charge is 0.326 e. The number of nitrogens with one attached hydrogen (secondary N) is 3. The van der Waals surface area contributed by atoms with E-state index in [1.165, 1.54) is 89.6 Å². The highest BCUT2D eigenvalue weighted by atomic mass is 16.4. The minimum absolute atomic E-state index is 0.0981. The molecule has 0 radical (unpaired) electrons. The number of carbonyl (C=O) groups is 3. The lowest BCUT2D eigenvalue weighted by atomic mass is 10.0. The van der Waals surface area contributed by atoms with Gasteiger partial charge in [-0.3, -0.25) is 9.59 Å². The normalized spacial score (nSPS) is 12.7. The number of nitrogens with zero attached hydrogens (tertiary/aromatic N) is 1. The van der Waals surface area contributed by atoms with Crippen molar-refractivity contribution in [3.05, 3.63) is 18.2 Å². The molecule has 200 valence electrons. The van der Waals surface area contributed by atoms with Crippen LogP contribution in [0.25, 0.3) is 0 Å². The van der Waals surface area contributed by atoms with Gasteiger partial charge in [0.15, 0.2) is 0 Å². The molecule has 0 aliphatic rings. The Hall–Kier alpha value is -2.38. The van der Waals surface area contributed by atoms with Gasteiger partial charge in [0.25, 0.3) is 0 Å². The SMILES string of the molecule is CCCCCCCCCCCCCCCCCC(=O)N[C@@H](C)C(=O)N[C@@H](Cc1cnc[nH]1)C(=O)O. The van der Waals surface area contributed by atoms with Crippen LogP contribution in [0.4, 0.5) is 0 Å². The molecule has 0 bridgehead atoms. The summed E-state index contributed by atoms with van der Waals surface area (Å²) >= 11 is 0. The number of hydrogen-bond acceptors (Lipinski definition) is 4. The van der Waals surface area contributed by atoms with Gasteiger partial charge in [0.1, 0.15) is 12.1 Å². The van der Waals surface area contributed by atoms with Crippen LogP contribution >= 0.6 is 0 Å². The lowest BCUT2D eigenvalue weighted by Gasteiger charge is -2.18. The van der Waals surface area contributed by atoms with Gasteiger partial charge in [0.2, 0.25) is 11.8 Å². The topological polar surface area (TPSA) is 124 Å². The van der Waals surface area contributed by atoms with E-state index in [-0.39, 0.29) is 12.3 Å². The number of carboxylic acids is 1. The molecule has 0 aliphatic heterocycles. The molecule has 4 N–H and O–H groups in total. The summed E-state index contributed by atoms with van der Waals surface area (Å²) in [5, 5.41) is 14.5. The Bertz CT molecular complexity index is 693. The van der Waals surface area contributed by atoms with Gasteiger partial charge in [0, 0.05) is 24.7 Å². The minimum atomic E-state index is -1.13. The molecule has 1 aromatic rings. The van der Waals surface area contributed by atoms with Crippen molar-refractivity contribution in [3.8, 4) is 0 Å². The highest BCUT2D eigenvalue weighted by Crippen LogP contribution is 2.13. The summed E-state index contributed by atoms with van der Waals surface area (Å²) in [6, 6.07) is -1.87. The second-order valence-electron chi connectivity index (χ2n) is 9.67. The molecule has 0 saturated carbocycles. The van der Waals surface area contributed by atoms with Gasteiger partial charge in [0.05, 0.1) is 6.33 Å². The van der Waals surface area contributed by atoms with Gasteiger partial charge >= 0.3 is 5.97 Å². The molecular weight excluding hydrogens is 444 g/mol. The molecule has 2 amide bonds. The molecule has 1 rings (SSSR count). The molecule has 2 atom stereocenters. The van der Waals surface area contributed by atoms with Crippen molar-refractivity contribution < 1.29 is 19.5 Å². The number of hydrogen-bond donors (Lipinski definition) is 4. The Kier molecular flexibility index (Phi) is 17.4. The Morgan fingerprint density at radius 1 is 0.857 bits per heavy atom. The summed E-state index contributed by atoms with van der Waals surface area (Å²) in [6.07, 6.45) is 22.5. The third-order valence-electron chi connectivity index (χ3n) is 6.37. The highest BCUT2D eigenvalue weighted by Gasteiger charge is 2.24. The minimum Gasteiger partial charge on any atom is -0.480 e. The largest absolute Gasteiger partial charge is 0.480 e. The van der Waals surface area contributed by atoms with E-state index in [9.17, 15) is 19.5 Å². The number of amides is 2. The van der Waals surface area contributed by atoms with Crippen molar-refractivity contribution in [1.82, 2.24) is 20.6 Å². The van der Waals surface area contributed by atoms with Crippen molar-refractivity contribution in [2.24, 2.45) is 0 Å². The fourth-order valence-corrected chi connectivity index (χ4v) is 4.15. The zero-order valence-corrected chi connectivity index (χ0v) is 21.9. The van der Waals surface area contributed by atoms with E-state index in [1.807, 2.05) is 0 Å². The lowest BCUT2D eigenvalue weighted by Crippen LogP contribution is -2.51. The van der Waals surface area contributed by atoms with E-state index in [0.29, 0.717) is 12.1 Å². The first-order chi connectivity index (χ1) is 16.9. The van der Waals surface area contributed by atoms with Crippen LogP contribution in [0.5, 0.6) is 0 Å².